The molecule has 0 spiro atoms. The quantitative estimate of drug-likeness (QED) is 0.312. The van der Waals surface area contributed by atoms with Crippen molar-refractivity contribution in [2.45, 2.75) is 34.7 Å². The third-order valence-corrected chi connectivity index (χ3v) is 10.6. The summed E-state index contributed by atoms with van der Waals surface area (Å²) in [4.78, 5) is 18.0. The number of thiophene rings is 1. The van der Waals surface area contributed by atoms with E-state index < -0.39 is 32.2 Å². The van der Waals surface area contributed by atoms with E-state index in [2.05, 4.69) is 5.48 Å². The van der Waals surface area contributed by atoms with Crippen LogP contribution in [0.1, 0.15) is 24.8 Å². The molecule has 0 saturated carbocycles. The minimum absolute atomic E-state index is 0.122. The van der Waals surface area contributed by atoms with Crippen LogP contribution in [0.2, 0.25) is 0 Å². The van der Waals surface area contributed by atoms with Gasteiger partial charge in [0, 0.05) is 50.5 Å². The molecule has 1 amide bonds. The lowest BCUT2D eigenvalue weighted by Crippen LogP contribution is -2.32. The van der Waals surface area contributed by atoms with Crippen LogP contribution in [-0.2, 0) is 34.4 Å². The Morgan fingerprint density at radius 1 is 1.11 bits per heavy atom. The SMILES string of the molecule is CN(C)S(=O)(=O)c1ccc(-c2ccc(S(=O)(=O)n3ccc(C=CC(=O)NOC4CCCCO4)c3)s2)cc1. The van der Waals surface area contributed by atoms with Gasteiger partial charge in [0.25, 0.3) is 15.9 Å². The fourth-order valence-electron chi connectivity index (χ4n) is 3.49. The minimum Gasteiger partial charge on any atom is -0.350 e. The molecule has 198 valence electrons. The maximum Gasteiger partial charge on any atom is 0.277 e. The smallest absolute Gasteiger partial charge is 0.277 e. The highest BCUT2D eigenvalue weighted by Crippen LogP contribution is 2.32. The first-order chi connectivity index (χ1) is 17.6. The van der Waals surface area contributed by atoms with Gasteiger partial charge in [0.2, 0.25) is 10.0 Å². The summed E-state index contributed by atoms with van der Waals surface area (Å²) in [5.41, 5.74) is 3.53. The normalized spacial score (nSPS) is 16.9. The average molecular weight is 566 g/mol. The van der Waals surface area contributed by atoms with Gasteiger partial charge in [0.15, 0.2) is 6.29 Å². The second kappa shape index (κ2) is 11.3. The lowest BCUT2D eigenvalue weighted by Gasteiger charge is -2.21. The molecule has 2 aromatic heterocycles. The first-order valence-corrected chi connectivity index (χ1v) is 15.1. The Balaban J connectivity index is 1.42. The zero-order chi connectivity index (χ0) is 26.6. The molecule has 1 N–H and O–H groups in total. The van der Waals surface area contributed by atoms with Gasteiger partial charge in [-0.15, -0.1) is 11.3 Å². The Morgan fingerprint density at radius 3 is 2.54 bits per heavy atom. The van der Waals surface area contributed by atoms with Crippen molar-refractivity contribution in [3.8, 4) is 10.4 Å². The summed E-state index contributed by atoms with van der Waals surface area (Å²) < 4.78 is 58.5. The molecule has 13 heteroatoms. The van der Waals surface area contributed by atoms with Gasteiger partial charge in [-0.25, -0.2) is 27.0 Å². The summed E-state index contributed by atoms with van der Waals surface area (Å²) in [5.74, 6) is -0.489. The van der Waals surface area contributed by atoms with E-state index in [0.717, 1.165) is 32.5 Å². The Hall–Kier alpha value is -2.81. The molecule has 0 radical (unpaired) electrons. The highest BCUT2D eigenvalue weighted by molar-refractivity contribution is 7.92. The van der Waals surface area contributed by atoms with Gasteiger partial charge < -0.3 is 4.74 Å². The molecule has 3 aromatic rings. The highest BCUT2D eigenvalue weighted by Gasteiger charge is 2.21. The molecule has 3 heterocycles. The molecule has 0 aliphatic carbocycles. The number of hydrogen-bond donors (Lipinski definition) is 1. The number of carbonyl (C=O) groups excluding carboxylic acids is 1. The first kappa shape index (κ1) is 27.2. The van der Waals surface area contributed by atoms with Crippen molar-refractivity contribution >= 4 is 43.4 Å². The second-order valence-corrected chi connectivity index (χ2v) is 13.7. The Labute approximate surface area is 220 Å². The Morgan fingerprint density at radius 2 is 1.86 bits per heavy atom. The summed E-state index contributed by atoms with van der Waals surface area (Å²) >= 11 is 1.08. The van der Waals surface area contributed by atoms with E-state index in [1.807, 2.05) is 0 Å². The van der Waals surface area contributed by atoms with Crippen LogP contribution in [0.15, 0.2) is 70.0 Å². The van der Waals surface area contributed by atoms with Crippen molar-refractivity contribution in [1.82, 2.24) is 13.8 Å². The number of aromatic nitrogens is 1. The molecular weight excluding hydrogens is 538 g/mol. The van der Waals surface area contributed by atoms with Crippen molar-refractivity contribution in [3.63, 3.8) is 0 Å². The standard InChI is InChI=1S/C24H27N3O7S3/c1-26(2)36(29,30)20-9-7-19(8-10-20)21-11-13-24(35-21)37(31,32)27-15-14-18(17-27)6-12-22(28)25-34-23-5-3-4-16-33-23/h6-15,17,23H,3-5,16H2,1-2H3,(H,25,28). The van der Waals surface area contributed by atoms with E-state index in [1.165, 1.54) is 56.8 Å². The highest BCUT2D eigenvalue weighted by atomic mass is 32.2. The predicted octanol–water partition coefficient (Wildman–Crippen LogP) is 3.29. The van der Waals surface area contributed by atoms with Crippen molar-refractivity contribution in [2.24, 2.45) is 0 Å². The number of ether oxygens (including phenoxy) is 1. The molecule has 1 aliphatic rings. The number of nitrogens with zero attached hydrogens (tertiary/aromatic N) is 2. The van der Waals surface area contributed by atoms with Crippen molar-refractivity contribution in [2.75, 3.05) is 20.7 Å². The minimum atomic E-state index is -3.85. The monoisotopic (exact) mass is 565 g/mol. The van der Waals surface area contributed by atoms with E-state index in [0.29, 0.717) is 29.0 Å². The summed E-state index contributed by atoms with van der Waals surface area (Å²) in [7, 11) is -4.49. The molecule has 1 aliphatic heterocycles. The molecule has 0 bridgehead atoms. The maximum absolute atomic E-state index is 13.1. The lowest BCUT2D eigenvalue weighted by atomic mass is 10.2. The number of benzene rings is 1. The maximum atomic E-state index is 13.1. The van der Waals surface area contributed by atoms with Crippen LogP contribution in [0.5, 0.6) is 0 Å². The first-order valence-electron chi connectivity index (χ1n) is 11.4. The molecule has 4 rings (SSSR count). The van der Waals surface area contributed by atoms with E-state index in [-0.39, 0.29) is 9.10 Å². The van der Waals surface area contributed by atoms with Crippen LogP contribution in [0, 0.1) is 0 Å². The van der Waals surface area contributed by atoms with Gasteiger partial charge in [0.1, 0.15) is 4.21 Å². The summed E-state index contributed by atoms with van der Waals surface area (Å²) in [5, 5.41) is 0. The van der Waals surface area contributed by atoms with Crippen LogP contribution < -0.4 is 5.48 Å². The molecule has 1 atom stereocenters. The average Bonchev–Trinajstić information content (AvgIpc) is 3.58. The Bertz CT molecular complexity index is 1480. The van der Waals surface area contributed by atoms with Crippen LogP contribution >= 0.6 is 11.3 Å². The van der Waals surface area contributed by atoms with E-state index >= 15 is 0 Å². The number of rotatable bonds is 9. The van der Waals surface area contributed by atoms with Crippen molar-refractivity contribution in [1.29, 1.82) is 0 Å². The summed E-state index contributed by atoms with van der Waals surface area (Å²) in [6, 6.07) is 11.0. The zero-order valence-electron chi connectivity index (χ0n) is 20.2. The number of hydrogen-bond acceptors (Lipinski definition) is 8. The van der Waals surface area contributed by atoms with E-state index in [1.54, 1.807) is 24.3 Å². The van der Waals surface area contributed by atoms with E-state index in [4.69, 9.17) is 9.57 Å². The number of amides is 1. The van der Waals surface area contributed by atoms with Gasteiger partial charge in [0.05, 0.1) is 4.90 Å². The zero-order valence-corrected chi connectivity index (χ0v) is 22.7. The number of hydroxylamine groups is 1. The lowest BCUT2D eigenvalue weighted by molar-refractivity contribution is -0.198. The predicted molar refractivity (Wildman–Crippen MR) is 139 cm³/mol. The number of sulfonamides is 1. The molecular formula is C24H27N3O7S3. The van der Waals surface area contributed by atoms with Crippen LogP contribution in [0.4, 0.5) is 0 Å². The fraction of sp³-hybridized carbons (Fsp3) is 0.292. The van der Waals surface area contributed by atoms with Gasteiger partial charge in [-0.05, 0) is 60.4 Å². The molecule has 37 heavy (non-hydrogen) atoms. The molecule has 1 fully saturated rings. The van der Waals surface area contributed by atoms with E-state index in [9.17, 15) is 21.6 Å². The molecule has 1 saturated heterocycles. The molecule has 10 nitrogen and oxygen atoms in total. The largest absolute Gasteiger partial charge is 0.350 e. The van der Waals surface area contributed by atoms with Crippen LogP contribution in [0.25, 0.3) is 16.5 Å². The third-order valence-electron chi connectivity index (χ3n) is 5.58. The second-order valence-electron chi connectivity index (χ2n) is 8.42. The van der Waals surface area contributed by atoms with Crippen LogP contribution in [-0.4, -0.2) is 58.0 Å². The molecule has 1 aromatic carbocycles. The summed E-state index contributed by atoms with van der Waals surface area (Å²) in [6.07, 6.45) is 7.72. The van der Waals surface area contributed by atoms with Gasteiger partial charge in [-0.2, -0.15) is 8.42 Å². The van der Waals surface area contributed by atoms with Gasteiger partial charge in [-0.1, -0.05) is 12.1 Å². The van der Waals surface area contributed by atoms with Crippen LogP contribution in [0.3, 0.4) is 0 Å². The Kier molecular flexibility index (Phi) is 8.31. The number of carbonyl (C=O) groups is 1. The van der Waals surface area contributed by atoms with Gasteiger partial charge in [-0.3, -0.25) is 4.79 Å². The van der Waals surface area contributed by atoms with Gasteiger partial charge >= 0.3 is 0 Å². The molecule has 1 unspecified atom stereocenters. The van der Waals surface area contributed by atoms with Crippen molar-refractivity contribution in [3.05, 3.63) is 66.5 Å². The summed E-state index contributed by atoms with van der Waals surface area (Å²) in [6.45, 7) is 0.595. The fourth-order valence-corrected chi connectivity index (χ4v) is 7.02. The third kappa shape index (κ3) is 6.37. The van der Waals surface area contributed by atoms with Crippen molar-refractivity contribution < 1.29 is 31.2 Å². The number of nitrogens with one attached hydrogen (secondary N) is 1. The topological polar surface area (TPSA) is 124 Å².